The van der Waals surface area contributed by atoms with Crippen molar-refractivity contribution in [1.29, 1.82) is 0 Å². The number of esters is 1. The molecular formula is C23H31N3O3. The van der Waals surface area contributed by atoms with Gasteiger partial charge in [-0.05, 0) is 43.6 Å². The van der Waals surface area contributed by atoms with E-state index in [-0.39, 0.29) is 12.1 Å². The van der Waals surface area contributed by atoms with Gasteiger partial charge in [-0.3, -0.25) is 9.69 Å². The van der Waals surface area contributed by atoms with Crippen LogP contribution >= 0.6 is 0 Å². The first kappa shape index (κ1) is 20.1. The van der Waals surface area contributed by atoms with Crippen LogP contribution in [0.2, 0.25) is 0 Å². The Kier molecular flexibility index (Phi) is 6.31. The van der Waals surface area contributed by atoms with E-state index in [2.05, 4.69) is 34.1 Å². The van der Waals surface area contributed by atoms with Crippen molar-refractivity contribution in [3.8, 4) is 0 Å². The molecule has 2 heterocycles. The maximum absolute atomic E-state index is 12.3. The van der Waals surface area contributed by atoms with E-state index in [1.165, 1.54) is 5.56 Å². The second-order valence-corrected chi connectivity index (χ2v) is 8.28. The maximum atomic E-state index is 12.3. The summed E-state index contributed by atoms with van der Waals surface area (Å²) in [5.41, 5.74) is 1.27. The van der Waals surface area contributed by atoms with E-state index in [1.807, 2.05) is 37.0 Å². The lowest BCUT2D eigenvalue weighted by Crippen LogP contribution is -2.38. The van der Waals surface area contributed by atoms with Crippen molar-refractivity contribution in [1.82, 2.24) is 14.5 Å². The van der Waals surface area contributed by atoms with Crippen LogP contribution in [-0.2, 0) is 27.9 Å². The Balaban J connectivity index is 1.44. The Bertz CT molecular complexity index is 807. The minimum Gasteiger partial charge on any atom is -0.465 e. The molecule has 2 aliphatic rings. The molecule has 0 bridgehead atoms. The number of aromatic nitrogens is 2. The molecule has 6 heteroatoms. The Morgan fingerprint density at radius 2 is 2.03 bits per heavy atom. The zero-order valence-electron chi connectivity index (χ0n) is 17.4. The summed E-state index contributed by atoms with van der Waals surface area (Å²) in [5.74, 6) is 2.01. The molecule has 1 aromatic carbocycles. The van der Waals surface area contributed by atoms with Crippen LogP contribution < -0.4 is 0 Å². The Morgan fingerprint density at radius 1 is 1.24 bits per heavy atom. The molecule has 0 spiro atoms. The predicted molar refractivity (Wildman–Crippen MR) is 110 cm³/mol. The van der Waals surface area contributed by atoms with Gasteiger partial charge in [0.2, 0.25) is 0 Å². The van der Waals surface area contributed by atoms with E-state index in [0.717, 1.165) is 31.7 Å². The number of carbonyl (C=O) groups is 1. The number of fused-ring (bicyclic) bond motifs is 1. The first-order valence-corrected chi connectivity index (χ1v) is 10.7. The summed E-state index contributed by atoms with van der Waals surface area (Å²) in [7, 11) is 2.00. The predicted octanol–water partition coefficient (Wildman–Crippen LogP) is 3.34. The van der Waals surface area contributed by atoms with Crippen LogP contribution in [0.25, 0.3) is 0 Å². The minimum absolute atomic E-state index is 0.157. The standard InChI is InChI=1S/C23H31N3O3/c1-3-28-23(27)15-26(14-22-24-9-10-25(22)2)20-11-18-13-21(29-16-19(18)12-20)17-7-5-4-6-8-17/h4-10,18-21H,3,11-16H2,1-2H3/t18-,19+,20-,21-/m0/s1. The Labute approximate surface area is 172 Å². The van der Waals surface area contributed by atoms with Crippen LogP contribution in [0.1, 0.15) is 43.7 Å². The number of nitrogens with zero attached hydrogens (tertiary/aromatic N) is 3. The molecule has 1 saturated carbocycles. The zero-order valence-corrected chi connectivity index (χ0v) is 17.4. The summed E-state index contributed by atoms with van der Waals surface area (Å²) in [5, 5.41) is 0. The summed E-state index contributed by atoms with van der Waals surface area (Å²) in [6, 6.07) is 10.9. The lowest BCUT2D eigenvalue weighted by molar-refractivity contribution is -0.145. The molecule has 4 atom stereocenters. The van der Waals surface area contributed by atoms with E-state index in [9.17, 15) is 4.79 Å². The smallest absolute Gasteiger partial charge is 0.320 e. The van der Waals surface area contributed by atoms with E-state index < -0.39 is 0 Å². The third-order valence-corrected chi connectivity index (χ3v) is 6.44. The number of aryl methyl sites for hydroxylation is 1. The highest BCUT2D eigenvalue weighted by Gasteiger charge is 2.42. The SMILES string of the molecule is CCOC(=O)CN(Cc1nccn1C)[C@@H]1C[C@@H]2CO[C@H](c3ccccc3)C[C@@H]2C1. The van der Waals surface area contributed by atoms with Gasteiger partial charge in [-0.2, -0.15) is 0 Å². The van der Waals surface area contributed by atoms with Crippen molar-refractivity contribution >= 4 is 5.97 Å². The molecular weight excluding hydrogens is 366 g/mol. The first-order valence-electron chi connectivity index (χ1n) is 10.7. The van der Waals surface area contributed by atoms with Crippen LogP contribution in [0, 0.1) is 11.8 Å². The summed E-state index contributed by atoms with van der Waals surface area (Å²) >= 11 is 0. The van der Waals surface area contributed by atoms with Gasteiger partial charge in [-0.15, -0.1) is 0 Å². The largest absolute Gasteiger partial charge is 0.465 e. The average molecular weight is 398 g/mol. The van der Waals surface area contributed by atoms with Crippen molar-refractivity contribution < 1.29 is 14.3 Å². The van der Waals surface area contributed by atoms with Crippen LogP contribution in [0.3, 0.4) is 0 Å². The topological polar surface area (TPSA) is 56.6 Å². The zero-order chi connectivity index (χ0) is 20.2. The molecule has 0 unspecified atom stereocenters. The van der Waals surface area contributed by atoms with Crippen LogP contribution in [0.4, 0.5) is 0 Å². The third-order valence-electron chi connectivity index (χ3n) is 6.44. The van der Waals surface area contributed by atoms with Crippen LogP contribution in [-0.4, -0.2) is 46.2 Å². The average Bonchev–Trinajstić information content (AvgIpc) is 3.34. The number of carbonyl (C=O) groups excluding carboxylic acids is 1. The fourth-order valence-electron chi connectivity index (χ4n) is 4.87. The highest BCUT2D eigenvalue weighted by Crippen LogP contribution is 2.45. The monoisotopic (exact) mass is 397 g/mol. The molecule has 29 heavy (non-hydrogen) atoms. The van der Waals surface area contributed by atoms with Gasteiger partial charge < -0.3 is 14.0 Å². The van der Waals surface area contributed by atoms with Crippen molar-refractivity contribution in [3.05, 3.63) is 54.1 Å². The fraction of sp³-hybridized carbons (Fsp3) is 0.565. The lowest BCUT2D eigenvalue weighted by Gasteiger charge is -2.32. The van der Waals surface area contributed by atoms with E-state index in [1.54, 1.807) is 0 Å². The van der Waals surface area contributed by atoms with Crippen molar-refractivity contribution in [2.24, 2.45) is 18.9 Å². The Hall–Kier alpha value is -2.18. The molecule has 1 saturated heterocycles. The molecule has 1 aliphatic heterocycles. The molecule has 2 fully saturated rings. The summed E-state index contributed by atoms with van der Waals surface area (Å²) in [4.78, 5) is 19.0. The molecule has 0 N–H and O–H groups in total. The van der Waals surface area contributed by atoms with Crippen LogP contribution in [0.15, 0.2) is 42.7 Å². The Morgan fingerprint density at radius 3 is 2.76 bits per heavy atom. The quantitative estimate of drug-likeness (QED) is 0.671. The number of imidazole rings is 1. The van der Waals surface area contributed by atoms with Gasteiger partial charge >= 0.3 is 5.97 Å². The summed E-state index contributed by atoms with van der Waals surface area (Å²) in [6.07, 6.45) is 7.16. The van der Waals surface area contributed by atoms with Gasteiger partial charge in [-0.25, -0.2) is 4.98 Å². The van der Waals surface area contributed by atoms with Crippen LogP contribution in [0.5, 0.6) is 0 Å². The van der Waals surface area contributed by atoms with Gasteiger partial charge in [0.25, 0.3) is 0 Å². The number of benzene rings is 1. The lowest BCUT2D eigenvalue weighted by atomic mass is 9.86. The van der Waals surface area contributed by atoms with Crippen molar-refractivity contribution in [2.75, 3.05) is 19.8 Å². The number of rotatable bonds is 7. The van der Waals surface area contributed by atoms with Gasteiger partial charge in [0.15, 0.2) is 0 Å². The summed E-state index contributed by atoms with van der Waals surface area (Å²) < 4.78 is 13.5. The molecule has 0 amide bonds. The van der Waals surface area contributed by atoms with Gasteiger partial charge in [0, 0.05) is 25.5 Å². The second-order valence-electron chi connectivity index (χ2n) is 8.28. The van der Waals surface area contributed by atoms with E-state index in [4.69, 9.17) is 9.47 Å². The van der Waals surface area contributed by atoms with Gasteiger partial charge in [0.05, 0.1) is 32.4 Å². The molecule has 156 valence electrons. The molecule has 1 aromatic heterocycles. The minimum atomic E-state index is -0.157. The van der Waals surface area contributed by atoms with Gasteiger partial charge in [0.1, 0.15) is 5.82 Å². The fourth-order valence-corrected chi connectivity index (χ4v) is 4.87. The maximum Gasteiger partial charge on any atom is 0.320 e. The van der Waals surface area contributed by atoms with Crippen molar-refractivity contribution in [3.63, 3.8) is 0 Å². The molecule has 4 rings (SSSR count). The number of hydrogen-bond donors (Lipinski definition) is 0. The summed E-state index contributed by atoms with van der Waals surface area (Å²) in [6.45, 7) is 4.04. The molecule has 1 aliphatic carbocycles. The van der Waals surface area contributed by atoms with Gasteiger partial charge in [-0.1, -0.05) is 30.3 Å². The second kappa shape index (κ2) is 9.09. The third kappa shape index (κ3) is 4.70. The highest BCUT2D eigenvalue weighted by molar-refractivity contribution is 5.71. The molecule has 0 radical (unpaired) electrons. The highest BCUT2D eigenvalue weighted by atomic mass is 16.5. The van der Waals surface area contributed by atoms with Crippen molar-refractivity contribution in [2.45, 2.75) is 44.9 Å². The van der Waals surface area contributed by atoms with E-state index in [0.29, 0.717) is 37.6 Å². The first-order chi connectivity index (χ1) is 14.1. The number of ether oxygens (including phenoxy) is 2. The molecule has 2 aromatic rings. The number of hydrogen-bond acceptors (Lipinski definition) is 5. The van der Waals surface area contributed by atoms with E-state index >= 15 is 0 Å². The molecule has 6 nitrogen and oxygen atoms in total. The normalized spacial score (nSPS) is 26.4.